The van der Waals surface area contributed by atoms with E-state index in [4.69, 9.17) is 9.84 Å². The number of rotatable bonds is 4. The Morgan fingerprint density at radius 2 is 2.54 bits per heavy atom. The maximum Gasteiger partial charge on any atom is 0.329 e. The van der Waals surface area contributed by atoms with Crippen LogP contribution < -0.4 is 0 Å². The highest BCUT2D eigenvalue weighted by molar-refractivity contribution is 5.68. The topological polar surface area (TPSA) is 75.2 Å². The van der Waals surface area contributed by atoms with Crippen LogP contribution in [0.4, 0.5) is 0 Å². The molecule has 0 saturated heterocycles. The van der Waals surface area contributed by atoms with Crippen molar-refractivity contribution >= 4 is 5.97 Å². The summed E-state index contributed by atoms with van der Waals surface area (Å²) in [5.41, 5.74) is 0.931. The molecule has 1 aromatic rings. The van der Waals surface area contributed by atoms with Crippen molar-refractivity contribution in [2.24, 2.45) is 0 Å². The highest BCUT2D eigenvalue weighted by Crippen LogP contribution is 2.11. The molecule has 5 heteroatoms. The summed E-state index contributed by atoms with van der Waals surface area (Å²) in [5, 5.41) is 8.36. The van der Waals surface area contributed by atoms with Crippen LogP contribution in [0.1, 0.15) is 24.5 Å². The van der Waals surface area contributed by atoms with Crippen molar-refractivity contribution in [2.45, 2.75) is 20.0 Å². The molecule has 0 radical (unpaired) electrons. The summed E-state index contributed by atoms with van der Waals surface area (Å²) in [7, 11) is 0. The molecular formula is C8H12N2O3. The summed E-state index contributed by atoms with van der Waals surface area (Å²) in [4.78, 5) is 17.2. The van der Waals surface area contributed by atoms with E-state index >= 15 is 0 Å². The monoisotopic (exact) mass is 184 g/mol. The molecule has 2 N–H and O–H groups in total. The minimum absolute atomic E-state index is 0.305. The predicted molar refractivity (Wildman–Crippen MR) is 45.3 cm³/mol. The smallest absolute Gasteiger partial charge is 0.329 e. The summed E-state index contributed by atoms with van der Waals surface area (Å²) in [6.45, 7) is 3.32. The van der Waals surface area contributed by atoms with E-state index in [0.29, 0.717) is 5.82 Å². The van der Waals surface area contributed by atoms with Crippen molar-refractivity contribution in [3.8, 4) is 0 Å². The first-order valence-corrected chi connectivity index (χ1v) is 3.94. The summed E-state index contributed by atoms with van der Waals surface area (Å²) < 4.78 is 5.01. The van der Waals surface area contributed by atoms with Crippen molar-refractivity contribution < 1.29 is 14.6 Å². The molecule has 1 rings (SSSR count). The van der Waals surface area contributed by atoms with Gasteiger partial charge in [-0.25, -0.2) is 9.78 Å². The lowest BCUT2D eigenvalue weighted by molar-refractivity contribution is -0.144. The van der Waals surface area contributed by atoms with Gasteiger partial charge in [0.1, 0.15) is 18.5 Å². The number of nitrogens with zero attached hydrogens (tertiary/aromatic N) is 1. The van der Waals surface area contributed by atoms with Gasteiger partial charge in [0.2, 0.25) is 0 Å². The van der Waals surface area contributed by atoms with E-state index in [1.165, 1.54) is 0 Å². The highest BCUT2D eigenvalue weighted by Gasteiger charge is 2.10. The maximum absolute atomic E-state index is 10.2. The Morgan fingerprint density at radius 1 is 1.85 bits per heavy atom. The van der Waals surface area contributed by atoms with E-state index in [9.17, 15) is 4.79 Å². The first-order chi connectivity index (χ1) is 6.09. The summed E-state index contributed by atoms with van der Waals surface area (Å²) in [6.07, 6.45) is 1.36. The number of aryl methyl sites for hydroxylation is 1. The minimum atomic E-state index is -0.977. The Kier molecular flexibility index (Phi) is 3.02. The van der Waals surface area contributed by atoms with Gasteiger partial charge < -0.3 is 14.8 Å². The van der Waals surface area contributed by atoms with Gasteiger partial charge in [-0.05, 0) is 13.8 Å². The Balaban J connectivity index is 2.48. The van der Waals surface area contributed by atoms with Crippen molar-refractivity contribution in [2.75, 3.05) is 6.61 Å². The minimum Gasteiger partial charge on any atom is -0.480 e. The summed E-state index contributed by atoms with van der Waals surface area (Å²) >= 11 is 0. The number of hydrogen-bond acceptors (Lipinski definition) is 3. The Labute approximate surface area is 75.8 Å². The molecule has 0 amide bonds. The third kappa shape index (κ3) is 2.87. The predicted octanol–water partition coefficient (Wildman–Crippen LogP) is 0.880. The van der Waals surface area contributed by atoms with Gasteiger partial charge in [0, 0.05) is 11.9 Å². The van der Waals surface area contributed by atoms with Gasteiger partial charge in [-0.15, -0.1) is 0 Å². The normalized spacial score (nSPS) is 12.8. The van der Waals surface area contributed by atoms with Gasteiger partial charge in [0.15, 0.2) is 0 Å². The molecule has 72 valence electrons. The zero-order chi connectivity index (χ0) is 9.84. The highest BCUT2D eigenvalue weighted by atomic mass is 16.5. The quantitative estimate of drug-likeness (QED) is 0.728. The van der Waals surface area contributed by atoms with E-state index in [0.717, 1.165) is 5.69 Å². The van der Waals surface area contributed by atoms with E-state index in [2.05, 4.69) is 9.97 Å². The molecule has 0 spiro atoms. The van der Waals surface area contributed by atoms with Crippen LogP contribution in [0.2, 0.25) is 0 Å². The van der Waals surface area contributed by atoms with Crippen LogP contribution >= 0.6 is 0 Å². The number of carbonyl (C=O) groups is 1. The van der Waals surface area contributed by atoms with E-state index in [1.807, 2.05) is 6.92 Å². The van der Waals surface area contributed by atoms with Crippen molar-refractivity contribution in [1.29, 1.82) is 0 Å². The molecule has 0 bridgehead atoms. The van der Waals surface area contributed by atoms with Crippen LogP contribution in [0.3, 0.4) is 0 Å². The number of H-pyrrole nitrogens is 1. The number of nitrogens with one attached hydrogen (secondary N) is 1. The number of aromatic amines is 1. The van der Waals surface area contributed by atoms with Crippen LogP contribution in [0, 0.1) is 6.92 Å². The van der Waals surface area contributed by atoms with Gasteiger partial charge in [-0.1, -0.05) is 0 Å². The molecule has 1 aromatic heterocycles. The fourth-order valence-corrected chi connectivity index (χ4v) is 0.915. The average molecular weight is 184 g/mol. The van der Waals surface area contributed by atoms with E-state index in [-0.39, 0.29) is 12.7 Å². The zero-order valence-electron chi connectivity index (χ0n) is 7.57. The fraction of sp³-hybridized carbons (Fsp3) is 0.500. The molecule has 13 heavy (non-hydrogen) atoms. The van der Waals surface area contributed by atoms with E-state index < -0.39 is 5.97 Å². The first kappa shape index (κ1) is 9.73. The Hall–Kier alpha value is -1.36. The number of carboxylic acids is 1. The standard InChI is InChI=1S/C8H12N2O3/c1-5-3-9-8(10-5)6(2)13-4-7(11)12/h3,6H,4H2,1-2H3,(H,9,10)(H,11,12). The van der Waals surface area contributed by atoms with Crippen LogP contribution in [0.15, 0.2) is 6.20 Å². The van der Waals surface area contributed by atoms with Crippen molar-refractivity contribution in [1.82, 2.24) is 9.97 Å². The number of aliphatic carboxylic acids is 1. The molecule has 0 aliphatic rings. The fourth-order valence-electron chi connectivity index (χ4n) is 0.915. The summed E-state index contributed by atoms with van der Waals surface area (Å²) in [5.74, 6) is -0.325. The molecule has 5 nitrogen and oxygen atoms in total. The number of aromatic nitrogens is 2. The molecule has 0 saturated carbocycles. The Bertz CT molecular complexity index is 295. The van der Waals surface area contributed by atoms with Crippen molar-refractivity contribution in [3.63, 3.8) is 0 Å². The molecule has 0 aliphatic carbocycles. The molecular weight excluding hydrogens is 172 g/mol. The molecule has 0 aliphatic heterocycles. The second-order valence-corrected chi connectivity index (χ2v) is 2.80. The molecule has 1 unspecified atom stereocenters. The van der Waals surface area contributed by atoms with Crippen LogP contribution in [-0.2, 0) is 9.53 Å². The van der Waals surface area contributed by atoms with Crippen LogP contribution in [0.25, 0.3) is 0 Å². The molecule has 0 fully saturated rings. The third-order valence-corrected chi connectivity index (χ3v) is 1.56. The number of hydrogen-bond donors (Lipinski definition) is 2. The van der Waals surface area contributed by atoms with Crippen LogP contribution in [-0.4, -0.2) is 27.7 Å². The largest absolute Gasteiger partial charge is 0.480 e. The van der Waals surface area contributed by atoms with Crippen molar-refractivity contribution in [3.05, 3.63) is 17.7 Å². The van der Waals surface area contributed by atoms with Gasteiger partial charge in [-0.3, -0.25) is 0 Å². The molecule has 1 heterocycles. The third-order valence-electron chi connectivity index (χ3n) is 1.56. The second kappa shape index (κ2) is 4.04. The lowest BCUT2D eigenvalue weighted by atomic mass is 10.4. The average Bonchev–Trinajstić information content (AvgIpc) is 2.47. The lowest BCUT2D eigenvalue weighted by Gasteiger charge is -2.07. The van der Waals surface area contributed by atoms with Gasteiger partial charge in [-0.2, -0.15) is 0 Å². The Morgan fingerprint density at radius 3 is 3.00 bits per heavy atom. The maximum atomic E-state index is 10.2. The van der Waals surface area contributed by atoms with Gasteiger partial charge in [0.25, 0.3) is 0 Å². The molecule has 0 aromatic carbocycles. The second-order valence-electron chi connectivity index (χ2n) is 2.80. The van der Waals surface area contributed by atoms with Crippen LogP contribution in [0.5, 0.6) is 0 Å². The zero-order valence-corrected chi connectivity index (χ0v) is 7.57. The number of imidazole rings is 1. The molecule has 1 atom stereocenters. The van der Waals surface area contributed by atoms with E-state index in [1.54, 1.807) is 13.1 Å². The number of carboxylic acid groups (broad SMARTS) is 1. The lowest BCUT2D eigenvalue weighted by Crippen LogP contribution is -2.10. The summed E-state index contributed by atoms with van der Waals surface area (Å²) in [6, 6.07) is 0. The van der Waals surface area contributed by atoms with Gasteiger partial charge in [0.05, 0.1) is 0 Å². The first-order valence-electron chi connectivity index (χ1n) is 3.94. The van der Waals surface area contributed by atoms with Gasteiger partial charge >= 0.3 is 5.97 Å². The number of ether oxygens (including phenoxy) is 1. The SMILES string of the molecule is Cc1cnc(C(C)OCC(=O)O)[nH]1.